The van der Waals surface area contributed by atoms with Crippen molar-refractivity contribution in [2.24, 2.45) is 4.99 Å². The fourth-order valence-electron chi connectivity index (χ4n) is 1.51. The summed E-state index contributed by atoms with van der Waals surface area (Å²) in [7, 11) is 1.77. The number of aryl methyl sites for hydroxylation is 1. The zero-order chi connectivity index (χ0) is 14.3. The molecular formula is C15H26IN3O. The number of nitrogens with zero attached hydrogens (tertiary/aromatic N) is 1. The third-order valence-electron chi connectivity index (χ3n) is 2.40. The van der Waals surface area contributed by atoms with E-state index in [4.69, 9.17) is 4.74 Å². The largest absolute Gasteiger partial charge is 0.492 e. The fourth-order valence-corrected chi connectivity index (χ4v) is 1.51. The molecule has 0 amide bonds. The van der Waals surface area contributed by atoms with Crippen LogP contribution >= 0.6 is 24.0 Å². The van der Waals surface area contributed by atoms with Gasteiger partial charge in [-0.2, -0.15) is 0 Å². The van der Waals surface area contributed by atoms with Crippen LogP contribution in [0.25, 0.3) is 0 Å². The van der Waals surface area contributed by atoms with Gasteiger partial charge in [-0.1, -0.05) is 17.7 Å². The summed E-state index contributed by atoms with van der Waals surface area (Å²) in [4.78, 5) is 4.17. The Morgan fingerprint density at radius 3 is 2.30 bits per heavy atom. The second-order valence-electron chi connectivity index (χ2n) is 5.54. The summed E-state index contributed by atoms with van der Waals surface area (Å²) in [5.41, 5.74) is 1.24. The predicted octanol–water partition coefficient (Wildman–Crippen LogP) is 2.96. The lowest BCUT2D eigenvalue weighted by Gasteiger charge is -2.23. The number of guanidine groups is 1. The number of rotatable bonds is 4. The second-order valence-corrected chi connectivity index (χ2v) is 5.54. The first-order valence-electron chi connectivity index (χ1n) is 6.59. The Kier molecular flexibility index (Phi) is 8.60. The number of halogens is 1. The highest BCUT2D eigenvalue weighted by atomic mass is 127. The predicted molar refractivity (Wildman–Crippen MR) is 96.3 cm³/mol. The molecule has 0 atom stereocenters. The maximum atomic E-state index is 5.64. The van der Waals surface area contributed by atoms with Gasteiger partial charge in [-0.3, -0.25) is 4.99 Å². The smallest absolute Gasteiger partial charge is 0.191 e. The van der Waals surface area contributed by atoms with Crippen molar-refractivity contribution < 1.29 is 4.74 Å². The molecule has 0 saturated heterocycles. The van der Waals surface area contributed by atoms with Gasteiger partial charge in [0, 0.05) is 12.6 Å². The third-order valence-corrected chi connectivity index (χ3v) is 2.40. The molecule has 0 aliphatic carbocycles. The molecule has 20 heavy (non-hydrogen) atoms. The second kappa shape index (κ2) is 9.05. The zero-order valence-electron chi connectivity index (χ0n) is 13.0. The Morgan fingerprint density at radius 1 is 1.20 bits per heavy atom. The molecule has 4 nitrogen and oxygen atoms in total. The summed E-state index contributed by atoms with van der Waals surface area (Å²) < 4.78 is 5.64. The standard InChI is InChI=1S/C15H25N3O.HI/c1-12-6-8-13(9-7-12)19-11-10-17-14(16-5)18-15(2,3)4;/h6-9H,10-11H2,1-5H3,(H2,16,17,18);1H. The molecule has 0 bridgehead atoms. The van der Waals surface area contributed by atoms with Crippen molar-refractivity contribution in [2.45, 2.75) is 33.2 Å². The Morgan fingerprint density at radius 2 is 1.80 bits per heavy atom. The molecule has 0 radical (unpaired) electrons. The van der Waals surface area contributed by atoms with E-state index in [-0.39, 0.29) is 29.5 Å². The van der Waals surface area contributed by atoms with E-state index >= 15 is 0 Å². The highest BCUT2D eigenvalue weighted by molar-refractivity contribution is 14.0. The average Bonchev–Trinajstić information content (AvgIpc) is 2.34. The van der Waals surface area contributed by atoms with Crippen LogP contribution in [0.3, 0.4) is 0 Å². The highest BCUT2D eigenvalue weighted by Crippen LogP contribution is 2.10. The van der Waals surface area contributed by atoms with Crippen molar-refractivity contribution in [3.63, 3.8) is 0 Å². The Hall–Kier alpha value is -0.980. The molecule has 2 N–H and O–H groups in total. The first-order valence-corrected chi connectivity index (χ1v) is 6.59. The van der Waals surface area contributed by atoms with Crippen molar-refractivity contribution in [3.05, 3.63) is 29.8 Å². The minimum absolute atomic E-state index is 0. The van der Waals surface area contributed by atoms with E-state index in [2.05, 4.69) is 43.3 Å². The monoisotopic (exact) mass is 391 g/mol. The molecule has 0 unspecified atom stereocenters. The van der Waals surface area contributed by atoms with Crippen LogP contribution in [0.15, 0.2) is 29.3 Å². The van der Waals surface area contributed by atoms with E-state index < -0.39 is 0 Å². The normalized spacial score (nSPS) is 11.6. The van der Waals surface area contributed by atoms with Crippen LogP contribution < -0.4 is 15.4 Å². The molecule has 1 rings (SSSR count). The van der Waals surface area contributed by atoms with Gasteiger partial charge < -0.3 is 15.4 Å². The third kappa shape index (κ3) is 8.24. The van der Waals surface area contributed by atoms with Gasteiger partial charge in [0.1, 0.15) is 12.4 Å². The maximum absolute atomic E-state index is 5.64. The van der Waals surface area contributed by atoms with Gasteiger partial charge in [0.15, 0.2) is 5.96 Å². The molecule has 0 aromatic heterocycles. The average molecular weight is 391 g/mol. The summed E-state index contributed by atoms with van der Waals surface area (Å²) >= 11 is 0. The lowest BCUT2D eigenvalue weighted by Crippen LogP contribution is -2.48. The topological polar surface area (TPSA) is 45.7 Å². The van der Waals surface area contributed by atoms with Crippen LogP contribution in [0.5, 0.6) is 5.75 Å². The van der Waals surface area contributed by atoms with Crippen LogP contribution in [0.2, 0.25) is 0 Å². The quantitative estimate of drug-likeness (QED) is 0.359. The SMILES string of the molecule is CN=C(NCCOc1ccc(C)cc1)NC(C)(C)C.I. The number of hydrogen-bond acceptors (Lipinski definition) is 2. The first-order chi connectivity index (χ1) is 8.90. The van der Waals surface area contributed by atoms with E-state index in [1.54, 1.807) is 7.05 Å². The summed E-state index contributed by atoms with van der Waals surface area (Å²) in [6.07, 6.45) is 0. The number of benzene rings is 1. The molecule has 1 aromatic rings. The molecule has 0 aliphatic heterocycles. The lowest BCUT2D eigenvalue weighted by molar-refractivity contribution is 0.321. The molecule has 0 fully saturated rings. The van der Waals surface area contributed by atoms with Crippen molar-refractivity contribution in [1.82, 2.24) is 10.6 Å². The summed E-state index contributed by atoms with van der Waals surface area (Å²) in [5.74, 6) is 1.69. The van der Waals surface area contributed by atoms with Crippen molar-refractivity contribution in [2.75, 3.05) is 20.2 Å². The van der Waals surface area contributed by atoms with Gasteiger partial charge in [0.2, 0.25) is 0 Å². The minimum Gasteiger partial charge on any atom is -0.492 e. The van der Waals surface area contributed by atoms with Gasteiger partial charge >= 0.3 is 0 Å². The molecule has 1 aromatic carbocycles. The molecular weight excluding hydrogens is 365 g/mol. The number of nitrogens with one attached hydrogen (secondary N) is 2. The molecule has 0 spiro atoms. The van der Waals surface area contributed by atoms with E-state index in [0.29, 0.717) is 13.2 Å². The fraction of sp³-hybridized carbons (Fsp3) is 0.533. The van der Waals surface area contributed by atoms with Gasteiger partial charge in [0.05, 0.1) is 6.54 Å². The lowest BCUT2D eigenvalue weighted by atomic mass is 10.1. The minimum atomic E-state index is -0.000340. The van der Waals surface area contributed by atoms with Crippen LogP contribution in [0.1, 0.15) is 26.3 Å². The van der Waals surface area contributed by atoms with Gasteiger partial charge in [-0.05, 0) is 39.8 Å². The van der Waals surface area contributed by atoms with Gasteiger partial charge in [-0.15, -0.1) is 24.0 Å². The van der Waals surface area contributed by atoms with Crippen LogP contribution in [-0.4, -0.2) is 31.7 Å². The van der Waals surface area contributed by atoms with E-state index in [0.717, 1.165) is 11.7 Å². The molecule has 5 heteroatoms. The zero-order valence-corrected chi connectivity index (χ0v) is 15.3. The Labute approximate surface area is 139 Å². The van der Waals surface area contributed by atoms with Crippen molar-refractivity contribution in [1.29, 1.82) is 0 Å². The first kappa shape index (κ1) is 19.0. The van der Waals surface area contributed by atoms with Crippen LogP contribution in [-0.2, 0) is 0 Å². The summed E-state index contributed by atoms with van der Waals surface area (Å²) in [6.45, 7) is 9.68. The highest BCUT2D eigenvalue weighted by Gasteiger charge is 2.11. The summed E-state index contributed by atoms with van der Waals surface area (Å²) in [5, 5.41) is 6.52. The number of ether oxygens (including phenoxy) is 1. The Bertz CT molecular complexity index is 410. The van der Waals surface area contributed by atoms with E-state index in [1.165, 1.54) is 5.56 Å². The van der Waals surface area contributed by atoms with Crippen LogP contribution in [0.4, 0.5) is 0 Å². The summed E-state index contributed by atoms with van der Waals surface area (Å²) in [6, 6.07) is 8.06. The number of hydrogen-bond donors (Lipinski definition) is 2. The van der Waals surface area contributed by atoms with Crippen LogP contribution in [0, 0.1) is 6.92 Å². The molecule has 0 saturated carbocycles. The Balaban J connectivity index is 0.00000361. The number of aliphatic imine (C=N–C) groups is 1. The van der Waals surface area contributed by atoms with E-state index in [9.17, 15) is 0 Å². The van der Waals surface area contributed by atoms with Crippen molar-refractivity contribution >= 4 is 29.9 Å². The molecule has 0 aliphatic rings. The molecule has 0 heterocycles. The molecule has 114 valence electrons. The maximum Gasteiger partial charge on any atom is 0.191 e. The van der Waals surface area contributed by atoms with Crippen molar-refractivity contribution in [3.8, 4) is 5.75 Å². The van der Waals surface area contributed by atoms with Gasteiger partial charge in [0.25, 0.3) is 0 Å². The van der Waals surface area contributed by atoms with E-state index in [1.807, 2.05) is 24.3 Å². The van der Waals surface area contributed by atoms with Gasteiger partial charge in [-0.25, -0.2) is 0 Å².